The van der Waals surface area contributed by atoms with Gasteiger partial charge in [-0.15, -0.1) is 0 Å². The van der Waals surface area contributed by atoms with Gasteiger partial charge in [0.2, 0.25) is 11.8 Å². The Labute approximate surface area is 182 Å². The number of ether oxygens (including phenoxy) is 1. The maximum Gasteiger partial charge on any atom is 0.251 e. The number of amides is 3. The summed E-state index contributed by atoms with van der Waals surface area (Å²) < 4.78 is 4.95. The average molecular weight is 439 g/mol. The Morgan fingerprint density at radius 1 is 1.00 bits per heavy atom. The van der Waals surface area contributed by atoms with E-state index in [0.717, 1.165) is 6.42 Å². The van der Waals surface area contributed by atoms with Gasteiger partial charge in [-0.25, -0.2) is 0 Å². The van der Waals surface area contributed by atoms with Crippen molar-refractivity contribution < 1.29 is 19.1 Å². The first-order chi connectivity index (χ1) is 14.5. The third-order valence-corrected chi connectivity index (χ3v) is 5.15. The number of halogens is 1. The molecule has 1 aromatic rings. The zero-order valence-corrected chi connectivity index (χ0v) is 18.2. The quantitative estimate of drug-likeness (QED) is 0.506. The van der Waals surface area contributed by atoms with Crippen LogP contribution in [0.25, 0.3) is 0 Å². The number of piperazine rings is 1. The fourth-order valence-corrected chi connectivity index (χ4v) is 3.29. The van der Waals surface area contributed by atoms with Crippen LogP contribution in [-0.4, -0.2) is 87.1 Å². The van der Waals surface area contributed by atoms with E-state index in [1.54, 1.807) is 31.4 Å². The van der Waals surface area contributed by atoms with E-state index in [4.69, 9.17) is 16.3 Å². The van der Waals surface area contributed by atoms with E-state index in [0.29, 0.717) is 75.8 Å². The van der Waals surface area contributed by atoms with Crippen LogP contribution < -0.4 is 10.6 Å². The smallest absolute Gasteiger partial charge is 0.251 e. The van der Waals surface area contributed by atoms with Crippen LogP contribution in [0.1, 0.15) is 29.6 Å². The topological polar surface area (TPSA) is 91.0 Å². The summed E-state index contributed by atoms with van der Waals surface area (Å²) in [4.78, 5) is 40.2. The summed E-state index contributed by atoms with van der Waals surface area (Å²) in [6.45, 7) is 4.64. The van der Waals surface area contributed by atoms with Crippen LogP contribution in [0, 0.1) is 0 Å². The minimum Gasteiger partial charge on any atom is -0.385 e. The number of rotatable bonds is 11. The summed E-state index contributed by atoms with van der Waals surface area (Å²) in [7, 11) is 1.64. The lowest BCUT2D eigenvalue weighted by Gasteiger charge is -2.34. The molecule has 30 heavy (non-hydrogen) atoms. The predicted octanol–water partition coefficient (Wildman–Crippen LogP) is 1.15. The molecule has 1 aliphatic heterocycles. The molecule has 166 valence electrons. The van der Waals surface area contributed by atoms with E-state index in [-0.39, 0.29) is 17.7 Å². The van der Waals surface area contributed by atoms with Gasteiger partial charge in [-0.1, -0.05) is 11.6 Å². The van der Waals surface area contributed by atoms with Crippen molar-refractivity contribution >= 4 is 29.3 Å². The summed E-state index contributed by atoms with van der Waals surface area (Å²) in [5.74, 6) is -0.0880. The summed E-state index contributed by atoms with van der Waals surface area (Å²) in [6.07, 6.45) is 1.77. The number of hydrogen-bond donors (Lipinski definition) is 2. The number of methoxy groups -OCH3 is 1. The fraction of sp³-hybridized carbons (Fsp3) is 0.571. The lowest BCUT2D eigenvalue weighted by atomic mass is 10.2. The normalized spacial score (nSPS) is 14.4. The molecule has 3 amide bonds. The standard InChI is InChI=1S/C21H31ClN4O4/c1-30-15-3-10-23-19(27)16-25-11-13-26(14-12-25)20(28)4-2-9-24-21(29)17-5-7-18(22)8-6-17/h5-8H,2-4,9-16H2,1H3,(H,23,27)(H,24,29). The van der Waals surface area contributed by atoms with Gasteiger partial charge in [-0.2, -0.15) is 0 Å². The van der Waals surface area contributed by atoms with Crippen LogP contribution in [0.2, 0.25) is 5.02 Å². The van der Waals surface area contributed by atoms with Crippen molar-refractivity contribution in [2.24, 2.45) is 0 Å². The first-order valence-corrected chi connectivity index (χ1v) is 10.7. The van der Waals surface area contributed by atoms with Crippen LogP contribution in [0.3, 0.4) is 0 Å². The minimum atomic E-state index is -0.173. The molecule has 9 heteroatoms. The zero-order chi connectivity index (χ0) is 21.8. The molecule has 0 bridgehead atoms. The van der Waals surface area contributed by atoms with Crippen LogP contribution in [0.4, 0.5) is 0 Å². The summed E-state index contributed by atoms with van der Waals surface area (Å²) in [5, 5.41) is 6.27. The van der Waals surface area contributed by atoms with Crippen molar-refractivity contribution in [1.29, 1.82) is 0 Å². The second kappa shape index (κ2) is 13.2. The SMILES string of the molecule is COCCCNC(=O)CN1CCN(C(=O)CCCNC(=O)c2ccc(Cl)cc2)CC1. The highest BCUT2D eigenvalue weighted by molar-refractivity contribution is 6.30. The van der Waals surface area contributed by atoms with Gasteiger partial charge >= 0.3 is 0 Å². The number of hydrogen-bond acceptors (Lipinski definition) is 5. The highest BCUT2D eigenvalue weighted by Gasteiger charge is 2.22. The second-order valence-electron chi connectivity index (χ2n) is 7.22. The van der Waals surface area contributed by atoms with E-state index in [1.807, 2.05) is 4.90 Å². The zero-order valence-electron chi connectivity index (χ0n) is 17.5. The van der Waals surface area contributed by atoms with Crippen LogP contribution in [0.5, 0.6) is 0 Å². The van der Waals surface area contributed by atoms with E-state index in [1.165, 1.54) is 0 Å². The molecule has 1 saturated heterocycles. The van der Waals surface area contributed by atoms with E-state index in [2.05, 4.69) is 15.5 Å². The molecule has 1 heterocycles. The highest BCUT2D eigenvalue weighted by Crippen LogP contribution is 2.09. The number of carbonyl (C=O) groups excluding carboxylic acids is 3. The van der Waals surface area contributed by atoms with Crippen molar-refractivity contribution in [3.63, 3.8) is 0 Å². The molecule has 1 aliphatic rings. The lowest BCUT2D eigenvalue weighted by molar-refractivity contribution is -0.133. The molecule has 1 aromatic carbocycles. The Hall–Kier alpha value is -2.16. The summed E-state index contributed by atoms with van der Waals surface area (Å²) in [5.41, 5.74) is 0.546. The van der Waals surface area contributed by atoms with E-state index >= 15 is 0 Å². The van der Waals surface area contributed by atoms with Crippen molar-refractivity contribution in [2.45, 2.75) is 19.3 Å². The molecule has 8 nitrogen and oxygen atoms in total. The summed E-state index contributed by atoms with van der Waals surface area (Å²) >= 11 is 5.82. The van der Waals surface area contributed by atoms with Gasteiger partial charge in [0, 0.05) is 70.0 Å². The molecule has 0 spiro atoms. The maximum absolute atomic E-state index is 12.4. The Morgan fingerprint density at radius 2 is 1.67 bits per heavy atom. The van der Waals surface area contributed by atoms with Crippen LogP contribution >= 0.6 is 11.6 Å². The molecule has 0 unspecified atom stereocenters. The second-order valence-corrected chi connectivity index (χ2v) is 7.66. The molecule has 1 fully saturated rings. The number of nitrogens with one attached hydrogen (secondary N) is 2. The van der Waals surface area contributed by atoms with Crippen molar-refractivity contribution in [3.05, 3.63) is 34.9 Å². The van der Waals surface area contributed by atoms with Crippen molar-refractivity contribution in [2.75, 3.05) is 59.5 Å². The van der Waals surface area contributed by atoms with Gasteiger partial charge in [0.05, 0.1) is 6.54 Å². The van der Waals surface area contributed by atoms with Gasteiger partial charge in [-0.05, 0) is 37.1 Å². The van der Waals surface area contributed by atoms with E-state index < -0.39 is 0 Å². The minimum absolute atomic E-state index is 0.00214. The molecule has 2 N–H and O–H groups in total. The highest BCUT2D eigenvalue weighted by atomic mass is 35.5. The van der Waals surface area contributed by atoms with Gasteiger partial charge < -0.3 is 20.3 Å². The van der Waals surface area contributed by atoms with Crippen molar-refractivity contribution in [1.82, 2.24) is 20.4 Å². The van der Waals surface area contributed by atoms with Gasteiger partial charge in [0.25, 0.3) is 5.91 Å². The average Bonchev–Trinajstić information content (AvgIpc) is 2.75. The van der Waals surface area contributed by atoms with Gasteiger partial charge in [-0.3, -0.25) is 19.3 Å². The van der Waals surface area contributed by atoms with Crippen molar-refractivity contribution in [3.8, 4) is 0 Å². The number of nitrogens with zero attached hydrogens (tertiary/aromatic N) is 2. The van der Waals surface area contributed by atoms with Gasteiger partial charge in [0.15, 0.2) is 0 Å². The summed E-state index contributed by atoms with van der Waals surface area (Å²) in [6, 6.07) is 6.68. The molecule has 0 aromatic heterocycles. The Bertz CT molecular complexity index is 691. The monoisotopic (exact) mass is 438 g/mol. The largest absolute Gasteiger partial charge is 0.385 e. The third-order valence-electron chi connectivity index (χ3n) is 4.90. The van der Waals surface area contributed by atoms with E-state index in [9.17, 15) is 14.4 Å². The van der Waals surface area contributed by atoms with Crippen LogP contribution in [0.15, 0.2) is 24.3 Å². The van der Waals surface area contributed by atoms with Crippen LogP contribution in [-0.2, 0) is 14.3 Å². The maximum atomic E-state index is 12.4. The Balaban J connectivity index is 1.57. The Kier molecular flexibility index (Phi) is 10.6. The molecule has 0 saturated carbocycles. The fourth-order valence-electron chi connectivity index (χ4n) is 3.16. The first kappa shape index (κ1) is 24.1. The molecule has 2 rings (SSSR count). The molecular formula is C21H31ClN4O4. The molecule has 0 radical (unpaired) electrons. The number of benzene rings is 1. The lowest BCUT2D eigenvalue weighted by Crippen LogP contribution is -2.51. The number of carbonyl (C=O) groups is 3. The molecule has 0 aliphatic carbocycles. The molecule has 0 atom stereocenters. The van der Waals surface area contributed by atoms with Gasteiger partial charge in [0.1, 0.15) is 0 Å². The molecular weight excluding hydrogens is 408 g/mol. The third kappa shape index (κ3) is 8.69. The Morgan fingerprint density at radius 3 is 2.33 bits per heavy atom. The predicted molar refractivity (Wildman–Crippen MR) is 116 cm³/mol. The first-order valence-electron chi connectivity index (χ1n) is 10.3.